The lowest BCUT2D eigenvalue weighted by atomic mass is 9.64. The van der Waals surface area contributed by atoms with E-state index in [0.717, 1.165) is 58.4 Å². The van der Waals surface area contributed by atoms with Crippen LogP contribution in [-0.2, 0) is 9.53 Å². The van der Waals surface area contributed by atoms with E-state index < -0.39 is 0 Å². The van der Waals surface area contributed by atoms with Crippen molar-refractivity contribution in [1.82, 2.24) is 15.1 Å². The minimum absolute atomic E-state index is 0.140. The van der Waals surface area contributed by atoms with Crippen LogP contribution in [-0.4, -0.2) is 67.2 Å². The summed E-state index contributed by atoms with van der Waals surface area (Å²) in [6, 6.07) is 0.673. The van der Waals surface area contributed by atoms with Crippen molar-refractivity contribution in [3.8, 4) is 0 Å². The highest BCUT2D eigenvalue weighted by Crippen LogP contribution is 2.51. The van der Waals surface area contributed by atoms with Crippen LogP contribution in [0.15, 0.2) is 0 Å². The summed E-state index contributed by atoms with van der Waals surface area (Å²) in [7, 11) is 0. The van der Waals surface area contributed by atoms with Crippen LogP contribution in [0.1, 0.15) is 52.4 Å². The summed E-state index contributed by atoms with van der Waals surface area (Å²) >= 11 is 0. The first-order valence-electron chi connectivity index (χ1n) is 10.9. The first kappa shape index (κ1) is 19.0. The summed E-state index contributed by atoms with van der Waals surface area (Å²) in [6.07, 6.45) is 6.79. The molecular weight excluding hydrogens is 342 g/mol. The minimum Gasteiger partial charge on any atom is -0.450 e. The van der Waals surface area contributed by atoms with Crippen LogP contribution in [0.4, 0.5) is 4.79 Å². The zero-order valence-corrected chi connectivity index (χ0v) is 16.9. The molecule has 2 amide bonds. The third-order valence-corrected chi connectivity index (χ3v) is 7.58. The van der Waals surface area contributed by atoms with E-state index in [-0.39, 0.29) is 12.0 Å². The van der Waals surface area contributed by atoms with Gasteiger partial charge in [-0.25, -0.2) is 4.79 Å². The van der Waals surface area contributed by atoms with E-state index in [2.05, 4.69) is 17.1 Å². The Hall–Kier alpha value is -1.30. The van der Waals surface area contributed by atoms with E-state index in [1.807, 2.05) is 11.8 Å². The third-order valence-electron chi connectivity index (χ3n) is 7.58. The molecule has 0 bridgehead atoms. The summed E-state index contributed by atoms with van der Waals surface area (Å²) in [6.45, 7) is 9.40. The number of rotatable bonds is 3. The van der Waals surface area contributed by atoms with Gasteiger partial charge in [-0.15, -0.1) is 0 Å². The zero-order chi connectivity index (χ0) is 19.0. The van der Waals surface area contributed by atoms with Crippen LogP contribution in [0.2, 0.25) is 0 Å². The number of ether oxygens (including phenoxy) is 1. The molecule has 152 valence electrons. The molecule has 27 heavy (non-hydrogen) atoms. The lowest BCUT2D eigenvalue weighted by Gasteiger charge is -2.52. The third kappa shape index (κ3) is 3.82. The summed E-state index contributed by atoms with van der Waals surface area (Å²) in [4.78, 5) is 28.8. The predicted molar refractivity (Wildman–Crippen MR) is 103 cm³/mol. The van der Waals surface area contributed by atoms with Crippen LogP contribution >= 0.6 is 0 Å². The summed E-state index contributed by atoms with van der Waals surface area (Å²) in [5.41, 5.74) is 0.340. The molecule has 1 saturated carbocycles. The van der Waals surface area contributed by atoms with Crippen LogP contribution in [0.5, 0.6) is 0 Å². The first-order valence-corrected chi connectivity index (χ1v) is 10.9. The average molecular weight is 378 g/mol. The largest absolute Gasteiger partial charge is 0.450 e. The molecule has 1 aliphatic carbocycles. The van der Waals surface area contributed by atoms with Crippen molar-refractivity contribution in [2.24, 2.45) is 23.2 Å². The number of carbonyl (C=O) groups excluding carboxylic acids is 2. The molecule has 2 atom stereocenters. The molecule has 4 aliphatic rings. The van der Waals surface area contributed by atoms with Gasteiger partial charge in [0.15, 0.2) is 0 Å². The number of carbonyl (C=O) groups is 2. The molecule has 0 aromatic carbocycles. The lowest BCUT2D eigenvalue weighted by Crippen LogP contribution is -2.55. The average Bonchev–Trinajstić information content (AvgIpc) is 3.09. The summed E-state index contributed by atoms with van der Waals surface area (Å²) < 4.78 is 5.16. The molecular formula is C21H35N3O3. The lowest BCUT2D eigenvalue weighted by molar-refractivity contribution is -0.130. The zero-order valence-electron chi connectivity index (χ0n) is 16.9. The van der Waals surface area contributed by atoms with Gasteiger partial charge in [-0.05, 0) is 75.8 Å². The molecule has 3 aliphatic heterocycles. The van der Waals surface area contributed by atoms with Gasteiger partial charge in [-0.2, -0.15) is 0 Å². The summed E-state index contributed by atoms with van der Waals surface area (Å²) in [5, 5.41) is 3.10. The van der Waals surface area contributed by atoms with E-state index in [1.165, 1.54) is 12.8 Å². The van der Waals surface area contributed by atoms with E-state index >= 15 is 0 Å². The van der Waals surface area contributed by atoms with Gasteiger partial charge >= 0.3 is 6.09 Å². The second kappa shape index (κ2) is 7.61. The molecule has 4 fully saturated rings. The number of hydrogen-bond donors (Lipinski definition) is 1. The van der Waals surface area contributed by atoms with Gasteiger partial charge in [-0.3, -0.25) is 4.79 Å². The highest BCUT2D eigenvalue weighted by atomic mass is 16.6. The monoisotopic (exact) mass is 377 g/mol. The molecule has 0 aromatic rings. The predicted octanol–water partition coefficient (Wildman–Crippen LogP) is 2.48. The van der Waals surface area contributed by atoms with Crippen molar-refractivity contribution in [1.29, 1.82) is 0 Å². The number of likely N-dealkylation sites (tertiary alicyclic amines) is 2. The fraction of sp³-hybridized carbons (Fsp3) is 0.905. The van der Waals surface area contributed by atoms with E-state index in [4.69, 9.17) is 4.74 Å². The normalized spacial score (nSPS) is 37.9. The van der Waals surface area contributed by atoms with Crippen molar-refractivity contribution in [3.63, 3.8) is 0 Å². The van der Waals surface area contributed by atoms with Gasteiger partial charge in [0.25, 0.3) is 0 Å². The maximum Gasteiger partial charge on any atom is 0.409 e. The van der Waals surface area contributed by atoms with Gasteiger partial charge in [0.05, 0.1) is 6.61 Å². The molecule has 4 rings (SSSR count). The Labute approximate surface area is 163 Å². The highest BCUT2D eigenvalue weighted by Gasteiger charge is 2.51. The molecule has 1 N–H and O–H groups in total. The number of nitrogens with zero attached hydrogens (tertiary/aromatic N) is 2. The van der Waals surface area contributed by atoms with Gasteiger partial charge < -0.3 is 19.9 Å². The van der Waals surface area contributed by atoms with Gasteiger partial charge in [0, 0.05) is 31.6 Å². The Balaban J connectivity index is 1.23. The molecule has 1 spiro atoms. The highest BCUT2D eigenvalue weighted by molar-refractivity contribution is 5.79. The molecule has 0 radical (unpaired) electrons. The van der Waals surface area contributed by atoms with Gasteiger partial charge in [0.2, 0.25) is 5.91 Å². The van der Waals surface area contributed by atoms with Crippen molar-refractivity contribution in [2.75, 3.05) is 39.3 Å². The van der Waals surface area contributed by atoms with Crippen molar-refractivity contribution < 1.29 is 14.3 Å². The maximum atomic E-state index is 12.3. The Bertz CT molecular complexity index is 567. The van der Waals surface area contributed by atoms with Crippen molar-refractivity contribution >= 4 is 12.0 Å². The molecule has 3 heterocycles. The fourth-order valence-electron chi connectivity index (χ4n) is 5.96. The smallest absolute Gasteiger partial charge is 0.409 e. The molecule has 6 nitrogen and oxygen atoms in total. The van der Waals surface area contributed by atoms with E-state index in [0.29, 0.717) is 35.8 Å². The minimum atomic E-state index is -0.140. The van der Waals surface area contributed by atoms with E-state index in [1.54, 1.807) is 0 Å². The standard InChI is InChI=1S/C21H35N3O3/c1-3-27-20(26)24-9-6-21(14-24)11-17(12-21)23-7-4-16(5-8-23)18-10-15(2)13-22-19(18)25/h15-18H,3-14H2,1-2H3,(H,22,25). The number of piperidine rings is 2. The second-order valence-corrected chi connectivity index (χ2v) is 9.50. The van der Waals surface area contributed by atoms with Gasteiger partial charge in [-0.1, -0.05) is 6.92 Å². The number of amides is 2. The number of hydrogen-bond acceptors (Lipinski definition) is 4. The second-order valence-electron chi connectivity index (χ2n) is 9.50. The van der Waals surface area contributed by atoms with Crippen LogP contribution in [0.25, 0.3) is 0 Å². The van der Waals surface area contributed by atoms with Gasteiger partial charge in [0.1, 0.15) is 0 Å². The Morgan fingerprint density at radius 2 is 2.00 bits per heavy atom. The quantitative estimate of drug-likeness (QED) is 0.821. The molecule has 0 aromatic heterocycles. The van der Waals surface area contributed by atoms with E-state index in [9.17, 15) is 9.59 Å². The Morgan fingerprint density at radius 3 is 2.70 bits per heavy atom. The fourth-order valence-corrected chi connectivity index (χ4v) is 5.96. The van der Waals surface area contributed by atoms with Crippen LogP contribution < -0.4 is 5.32 Å². The Kier molecular flexibility index (Phi) is 5.36. The molecule has 2 unspecified atom stereocenters. The first-order chi connectivity index (χ1) is 13.0. The van der Waals surface area contributed by atoms with Crippen LogP contribution in [0.3, 0.4) is 0 Å². The topological polar surface area (TPSA) is 61.9 Å². The maximum absolute atomic E-state index is 12.3. The number of nitrogens with one attached hydrogen (secondary N) is 1. The van der Waals surface area contributed by atoms with Crippen molar-refractivity contribution in [2.45, 2.75) is 58.4 Å². The van der Waals surface area contributed by atoms with Crippen molar-refractivity contribution in [3.05, 3.63) is 0 Å². The SMILES string of the molecule is CCOC(=O)N1CCC2(CC(N3CCC(C4CC(C)CNC4=O)CC3)C2)C1. The van der Waals surface area contributed by atoms with Crippen LogP contribution in [0, 0.1) is 23.2 Å². The molecule has 6 heteroatoms. The summed E-state index contributed by atoms with van der Waals surface area (Å²) in [5.74, 6) is 1.70. The molecule has 3 saturated heterocycles. The Morgan fingerprint density at radius 1 is 1.26 bits per heavy atom.